The standard InChI is InChI=1S/C52H51ClN6O6/c53-39-5-4-6-40-44(39)47(62)55-50-52(19-2-1-3-20-52)37-13-11-34(27-42(37)59(40)50)32-17-23-56(24-18-32)28-31-7-9-33(10-8-31)48(63)57-25-21-51(22-26-57)30-65-45-36-29-58(41-15-16-43(60)54-46(41)61)49(64)35(36)12-14-38(45)51/h4-14,27,32,41H,1-3,15-26,28-30H2,(H,54,60,61). The van der Waals surface area contributed by atoms with E-state index in [9.17, 15) is 24.0 Å². The Kier molecular flexibility index (Phi) is 9.61. The molecule has 1 saturated carbocycles. The minimum Gasteiger partial charge on any atom is -0.492 e. The van der Waals surface area contributed by atoms with Gasteiger partial charge in [-0.25, -0.2) is 0 Å². The van der Waals surface area contributed by atoms with Crippen LogP contribution in [0.4, 0.5) is 0 Å². The molecule has 2 spiro atoms. The number of ether oxygens (including phenoxy) is 1. The van der Waals surface area contributed by atoms with E-state index in [1.54, 1.807) is 11.0 Å². The number of piperidine rings is 3. The van der Waals surface area contributed by atoms with Gasteiger partial charge in [0, 0.05) is 53.7 Å². The molecule has 0 bridgehead atoms. The number of likely N-dealkylation sites (tertiary alicyclic amines) is 2. The largest absolute Gasteiger partial charge is 0.492 e. The van der Waals surface area contributed by atoms with Gasteiger partial charge < -0.3 is 14.5 Å². The monoisotopic (exact) mass is 890 g/mol. The number of hydrogen-bond donors (Lipinski definition) is 1. The van der Waals surface area contributed by atoms with Gasteiger partial charge in [0.2, 0.25) is 11.8 Å². The highest BCUT2D eigenvalue weighted by molar-refractivity contribution is 6.35. The van der Waals surface area contributed by atoms with E-state index < -0.39 is 11.9 Å². The van der Waals surface area contributed by atoms with Crippen LogP contribution in [0.1, 0.15) is 131 Å². The van der Waals surface area contributed by atoms with Crippen LogP contribution in [-0.4, -0.2) is 86.7 Å². The maximum atomic E-state index is 13.8. The van der Waals surface area contributed by atoms with Gasteiger partial charge in [0.05, 0.1) is 40.2 Å². The summed E-state index contributed by atoms with van der Waals surface area (Å²) in [4.78, 5) is 75.8. The van der Waals surface area contributed by atoms with Crippen molar-refractivity contribution in [3.8, 4) is 11.4 Å². The molecule has 332 valence electrons. The smallest absolute Gasteiger partial charge is 0.282 e. The fraction of sp³-hybridized carbons (Fsp3) is 0.423. The average Bonchev–Trinajstić information content (AvgIpc) is 3.94. The molecule has 1 unspecified atom stereocenters. The van der Waals surface area contributed by atoms with Crippen molar-refractivity contribution in [2.75, 3.05) is 32.8 Å². The first kappa shape index (κ1) is 40.6. The van der Waals surface area contributed by atoms with E-state index in [-0.39, 0.29) is 47.1 Å². The summed E-state index contributed by atoms with van der Waals surface area (Å²) in [7, 11) is 0. The third-order valence-corrected chi connectivity index (χ3v) is 16.5. The normalized spacial score (nSPS) is 22.2. The van der Waals surface area contributed by atoms with Crippen LogP contribution in [-0.2, 0) is 33.5 Å². The van der Waals surface area contributed by atoms with Crippen LogP contribution in [0.2, 0.25) is 5.02 Å². The van der Waals surface area contributed by atoms with Gasteiger partial charge in [-0.2, -0.15) is 4.98 Å². The van der Waals surface area contributed by atoms with E-state index in [4.69, 9.17) is 21.3 Å². The number of imide groups is 1. The van der Waals surface area contributed by atoms with Gasteiger partial charge in [-0.15, -0.1) is 0 Å². The highest BCUT2D eigenvalue weighted by atomic mass is 35.5. The van der Waals surface area contributed by atoms with E-state index in [1.165, 1.54) is 23.1 Å². The molecule has 5 aromatic rings. The van der Waals surface area contributed by atoms with Crippen LogP contribution in [0.25, 0.3) is 16.6 Å². The lowest BCUT2D eigenvalue weighted by Crippen LogP contribution is -2.52. The molecule has 12 rings (SSSR count). The van der Waals surface area contributed by atoms with Crippen molar-refractivity contribution in [3.63, 3.8) is 0 Å². The number of carbonyl (C=O) groups excluding carboxylic acids is 4. The van der Waals surface area contributed by atoms with Gasteiger partial charge in [-0.05, 0) is 117 Å². The molecule has 4 fully saturated rings. The molecule has 0 radical (unpaired) electrons. The molecule has 13 heteroatoms. The van der Waals surface area contributed by atoms with Crippen molar-refractivity contribution in [1.82, 2.24) is 29.6 Å². The molecule has 1 atom stereocenters. The Bertz CT molecular complexity index is 2910. The molecule has 7 heterocycles. The molecule has 65 heavy (non-hydrogen) atoms. The third kappa shape index (κ3) is 6.41. The van der Waals surface area contributed by atoms with Crippen LogP contribution in [0.5, 0.6) is 5.75 Å². The molecule has 4 aromatic carbocycles. The summed E-state index contributed by atoms with van der Waals surface area (Å²) in [5.74, 6) is 1.15. The molecule has 6 aliphatic heterocycles. The Morgan fingerprint density at radius 3 is 2.38 bits per heavy atom. The number of carbonyl (C=O) groups is 4. The van der Waals surface area contributed by atoms with Crippen LogP contribution < -0.4 is 15.6 Å². The molecule has 3 saturated heterocycles. The third-order valence-electron chi connectivity index (χ3n) is 16.2. The Balaban J connectivity index is 0.682. The minimum absolute atomic E-state index is 0.0377. The SMILES string of the molecule is O=C1CCC(N2Cc3c(ccc4c3OCC43CCN(C(=O)c4ccc(CN5CCC(c6ccc7c(c6)-n6c(nc(=O)c8c(Cl)cccc86)C76CCCCC6)CC5)cc4)CC3)C2=O)C(=O)N1. The highest BCUT2D eigenvalue weighted by Crippen LogP contribution is 2.53. The number of benzene rings is 4. The van der Waals surface area contributed by atoms with Gasteiger partial charge >= 0.3 is 0 Å². The summed E-state index contributed by atoms with van der Waals surface area (Å²) in [5, 5.41) is 3.31. The van der Waals surface area contributed by atoms with Crippen molar-refractivity contribution in [1.29, 1.82) is 0 Å². The second-order valence-corrected chi connectivity index (χ2v) is 20.0. The topological polar surface area (TPSA) is 134 Å². The predicted molar refractivity (Wildman–Crippen MR) is 245 cm³/mol. The zero-order valence-corrected chi connectivity index (χ0v) is 37.1. The molecule has 7 aliphatic rings. The number of halogens is 1. The molecule has 12 nitrogen and oxygen atoms in total. The predicted octanol–water partition coefficient (Wildman–Crippen LogP) is 7.31. The lowest BCUT2D eigenvalue weighted by Gasteiger charge is -2.38. The number of aromatic nitrogens is 2. The first-order valence-electron chi connectivity index (χ1n) is 23.5. The number of nitrogens with zero attached hydrogens (tertiary/aromatic N) is 5. The lowest BCUT2D eigenvalue weighted by atomic mass is 9.69. The lowest BCUT2D eigenvalue weighted by molar-refractivity contribution is -0.136. The van der Waals surface area contributed by atoms with E-state index in [0.29, 0.717) is 53.6 Å². The fourth-order valence-corrected chi connectivity index (χ4v) is 12.9. The van der Waals surface area contributed by atoms with Crippen LogP contribution >= 0.6 is 11.6 Å². The maximum absolute atomic E-state index is 13.8. The number of amides is 4. The average molecular weight is 891 g/mol. The number of nitrogens with one attached hydrogen (secondary N) is 1. The second-order valence-electron chi connectivity index (χ2n) is 19.6. The van der Waals surface area contributed by atoms with Gasteiger partial charge in [-0.3, -0.25) is 38.8 Å². The molecule has 1 aromatic heterocycles. The molecule has 1 N–H and O–H groups in total. The van der Waals surface area contributed by atoms with Crippen molar-refractivity contribution < 1.29 is 23.9 Å². The first-order valence-corrected chi connectivity index (χ1v) is 23.9. The molecule has 1 aliphatic carbocycles. The zero-order valence-electron chi connectivity index (χ0n) is 36.4. The Labute approximate surface area is 381 Å². The first-order chi connectivity index (χ1) is 31.6. The van der Waals surface area contributed by atoms with Crippen molar-refractivity contribution in [2.24, 2.45) is 0 Å². The summed E-state index contributed by atoms with van der Waals surface area (Å²) in [6.45, 7) is 4.79. The van der Waals surface area contributed by atoms with Crippen molar-refractivity contribution in [2.45, 2.75) is 107 Å². The fourth-order valence-electron chi connectivity index (χ4n) is 12.6. The van der Waals surface area contributed by atoms with Gasteiger partial charge in [0.15, 0.2) is 0 Å². The van der Waals surface area contributed by atoms with Crippen LogP contribution in [0, 0.1) is 0 Å². The summed E-state index contributed by atoms with van der Waals surface area (Å²) in [5.41, 5.74) is 8.25. The second kappa shape index (κ2) is 15.4. The van der Waals surface area contributed by atoms with E-state index in [1.807, 2.05) is 41.3 Å². The minimum atomic E-state index is -0.673. The Hall–Kier alpha value is -5.85. The molecular weight excluding hydrogens is 840 g/mol. The van der Waals surface area contributed by atoms with Gasteiger partial charge in [0.1, 0.15) is 17.6 Å². The van der Waals surface area contributed by atoms with Crippen LogP contribution in [0.3, 0.4) is 0 Å². The molecular formula is C52H51ClN6O6. The summed E-state index contributed by atoms with van der Waals surface area (Å²) < 4.78 is 8.61. The molecule has 4 amide bonds. The van der Waals surface area contributed by atoms with Crippen molar-refractivity contribution >= 4 is 46.1 Å². The Morgan fingerprint density at radius 1 is 0.846 bits per heavy atom. The van der Waals surface area contributed by atoms with E-state index >= 15 is 0 Å². The van der Waals surface area contributed by atoms with Crippen LogP contribution in [0.15, 0.2) is 77.6 Å². The number of fused-ring (bicyclic) bond motifs is 11. The highest BCUT2D eigenvalue weighted by Gasteiger charge is 2.49. The van der Waals surface area contributed by atoms with Gasteiger partial charge in [-0.1, -0.05) is 67.3 Å². The van der Waals surface area contributed by atoms with E-state index in [0.717, 1.165) is 105 Å². The maximum Gasteiger partial charge on any atom is 0.282 e. The summed E-state index contributed by atoms with van der Waals surface area (Å²) >= 11 is 6.62. The van der Waals surface area contributed by atoms with E-state index in [2.05, 4.69) is 45.1 Å². The van der Waals surface area contributed by atoms with Crippen molar-refractivity contribution in [3.05, 3.63) is 133 Å². The number of rotatable bonds is 5. The quantitative estimate of drug-likeness (QED) is 0.182. The number of hydrogen-bond acceptors (Lipinski definition) is 8. The van der Waals surface area contributed by atoms with Gasteiger partial charge in [0.25, 0.3) is 17.4 Å². The summed E-state index contributed by atoms with van der Waals surface area (Å²) in [6.07, 6.45) is 9.60. The zero-order chi connectivity index (χ0) is 44.2. The Morgan fingerprint density at radius 2 is 1.62 bits per heavy atom. The summed E-state index contributed by atoms with van der Waals surface area (Å²) in [6, 6.07) is 24.1.